The Morgan fingerprint density at radius 3 is 2.90 bits per heavy atom. The van der Waals surface area contributed by atoms with Crippen LogP contribution in [0.2, 0.25) is 0 Å². The standard InChI is InChI=1S/C13H16N4O2S/c1-3-17-10-11(9-16-17)8-15-12-5-4-6-13(7-12)20(18,19)14-2/h3-7,9-10,14-15H,1,8H2,2H3. The minimum Gasteiger partial charge on any atom is -0.381 e. The first kappa shape index (κ1) is 14.3. The van der Waals surface area contributed by atoms with E-state index in [0.29, 0.717) is 6.54 Å². The van der Waals surface area contributed by atoms with E-state index in [1.807, 2.05) is 12.3 Å². The van der Waals surface area contributed by atoms with Gasteiger partial charge in [-0.15, -0.1) is 0 Å². The Morgan fingerprint density at radius 1 is 1.45 bits per heavy atom. The third-order valence-corrected chi connectivity index (χ3v) is 4.16. The summed E-state index contributed by atoms with van der Waals surface area (Å²) in [6.45, 7) is 4.17. The maximum Gasteiger partial charge on any atom is 0.240 e. The summed E-state index contributed by atoms with van der Waals surface area (Å²) in [6, 6.07) is 6.64. The smallest absolute Gasteiger partial charge is 0.240 e. The van der Waals surface area contributed by atoms with Crippen molar-refractivity contribution in [3.63, 3.8) is 0 Å². The monoisotopic (exact) mass is 292 g/mol. The van der Waals surface area contributed by atoms with Crippen molar-refractivity contribution in [1.82, 2.24) is 14.5 Å². The number of hydrogen-bond acceptors (Lipinski definition) is 4. The Morgan fingerprint density at radius 2 is 2.25 bits per heavy atom. The molecular weight excluding hydrogens is 276 g/mol. The van der Waals surface area contributed by atoms with Crippen LogP contribution in [0, 0.1) is 0 Å². The highest BCUT2D eigenvalue weighted by atomic mass is 32.2. The Balaban J connectivity index is 2.10. The summed E-state index contributed by atoms with van der Waals surface area (Å²) in [5.41, 5.74) is 1.71. The van der Waals surface area contributed by atoms with Crippen LogP contribution in [0.4, 0.5) is 5.69 Å². The van der Waals surface area contributed by atoms with Gasteiger partial charge in [0.05, 0.1) is 11.1 Å². The summed E-state index contributed by atoms with van der Waals surface area (Å²) in [7, 11) is -2.04. The lowest BCUT2D eigenvalue weighted by Crippen LogP contribution is -2.18. The highest BCUT2D eigenvalue weighted by Crippen LogP contribution is 2.15. The fourth-order valence-corrected chi connectivity index (χ4v) is 2.44. The fraction of sp³-hybridized carbons (Fsp3) is 0.154. The second-order valence-corrected chi connectivity index (χ2v) is 5.99. The van der Waals surface area contributed by atoms with Crippen LogP contribution in [0.5, 0.6) is 0 Å². The number of hydrogen-bond donors (Lipinski definition) is 2. The summed E-state index contributed by atoms with van der Waals surface area (Å²) < 4.78 is 27.3. The van der Waals surface area contributed by atoms with Gasteiger partial charge in [0.25, 0.3) is 0 Å². The van der Waals surface area contributed by atoms with Gasteiger partial charge in [0, 0.05) is 30.2 Å². The molecule has 0 saturated carbocycles. The van der Waals surface area contributed by atoms with E-state index in [0.717, 1.165) is 11.3 Å². The van der Waals surface area contributed by atoms with Crippen molar-refractivity contribution in [2.75, 3.05) is 12.4 Å². The van der Waals surface area contributed by atoms with E-state index in [4.69, 9.17) is 0 Å². The molecule has 0 aliphatic rings. The van der Waals surface area contributed by atoms with Crippen LogP contribution in [0.3, 0.4) is 0 Å². The quantitative estimate of drug-likeness (QED) is 0.846. The van der Waals surface area contributed by atoms with Gasteiger partial charge in [-0.1, -0.05) is 12.6 Å². The summed E-state index contributed by atoms with van der Waals surface area (Å²) in [5, 5.41) is 7.22. The van der Waals surface area contributed by atoms with E-state index in [2.05, 4.69) is 21.7 Å². The van der Waals surface area contributed by atoms with Crippen LogP contribution in [-0.2, 0) is 16.6 Å². The lowest BCUT2D eigenvalue weighted by atomic mass is 10.3. The summed E-state index contributed by atoms with van der Waals surface area (Å²) >= 11 is 0. The zero-order chi connectivity index (χ0) is 14.6. The Hall–Kier alpha value is -2.12. The molecule has 0 aliphatic heterocycles. The molecule has 0 bridgehead atoms. The van der Waals surface area contributed by atoms with E-state index in [9.17, 15) is 8.42 Å². The topological polar surface area (TPSA) is 76.0 Å². The molecule has 0 unspecified atom stereocenters. The number of rotatable bonds is 6. The predicted molar refractivity (Wildman–Crippen MR) is 78.6 cm³/mol. The van der Waals surface area contributed by atoms with E-state index in [1.54, 1.807) is 35.3 Å². The molecule has 6 nitrogen and oxygen atoms in total. The van der Waals surface area contributed by atoms with Crippen LogP contribution in [0.25, 0.3) is 6.20 Å². The molecule has 0 aliphatic carbocycles. The Bertz CT molecular complexity index is 707. The SMILES string of the molecule is C=Cn1cc(CNc2cccc(S(=O)(=O)NC)c2)cn1. The summed E-state index contributed by atoms with van der Waals surface area (Å²) in [5.74, 6) is 0. The van der Waals surface area contributed by atoms with Crippen molar-refractivity contribution < 1.29 is 8.42 Å². The average molecular weight is 292 g/mol. The van der Waals surface area contributed by atoms with Crippen LogP contribution in [0.15, 0.2) is 48.1 Å². The van der Waals surface area contributed by atoms with Gasteiger partial charge in [-0.3, -0.25) is 0 Å². The highest BCUT2D eigenvalue weighted by molar-refractivity contribution is 7.89. The third kappa shape index (κ3) is 3.25. The maximum absolute atomic E-state index is 11.7. The number of nitrogens with zero attached hydrogens (tertiary/aromatic N) is 2. The molecule has 0 atom stereocenters. The molecule has 0 spiro atoms. The Labute approximate surface area is 118 Å². The predicted octanol–water partition coefficient (Wildman–Crippen LogP) is 1.50. The van der Waals surface area contributed by atoms with E-state index < -0.39 is 10.0 Å². The lowest BCUT2D eigenvalue weighted by Gasteiger charge is -2.07. The average Bonchev–Trinajstić information content (AvgIpc) is 2.93. The molecular formula is C13H16N4O2S. The second-order valence-electron chi connectivity index (χ2n) is 4.10. The van der Waals surface area contributed by atoms with Crippen LogP contribution < -0.4 is 10.0 Å². The van der Waals surface area contributed by atoms with Gasteiger partial charge < -0.3 is 5.32 Å². The molecule has 7 heteroatoms. The summed E-state index contributed by atoms with van der Waals surface area (Å²) in [4.78, 5) is 0.229. The van der Waals surface area contributed by atoms with Gasteiger partial charge in [0.15, 0.2) is 0 Å². The molecule has 0 fully saturated rings. The van der Waals surface area contributed by atoms with Crippen molar-refractivity contribution in [2.24, 2.45) is 0 Å². The van der Waals surface area contributed by atoms with Gasteiger partial charge in [-0.25, -0.2) is 17.8 Å². The molecule has 2 aromatic rings. The van der Waals surface area contributed by atoms with E-state index >= 15 is 0 Å². The van der Waals surface area contributed by atoms with Gasteiger partial charge in [0.2, 0.25) is 10.0 Å². The lowest BCUT2D eigenvalue weighted by molar-refractivity contribution is 0.588. The molecule has 20 heavy (non-hydrogen) atoms. The number of sulfonamides is 1. The number of nitrogens with one attached hydrogen (secondary N) is 2. The van der Waals surface area contributed by atoms with Gasteiger partial charge in [-0.2, -0.15) is 5.10 Å². The van der Waals surface area contributed by atoms with Crippen LogP contribution in [0.1, 0.15) is 5.56 Å². The van der Waals surface area contributed by atoms with Crippen molar-refractivity contribution in [1.29, 1.82) is 0 Å². The molecule has 2 N–H and O–H groups in total. The normalized spacial score (nSPS) is 11.2. The van der Waals surface area contributed by atoms with Gasteiger partial charge in [-0.05, 0) is 25.2 Å². The Kier molecular flexibility index (Phi) is 4.21. The first-order chi connectivity index (χ1) is 9.55. The molecule has 2 rings (SSSR count). The fourth-order valence-electron chi connectivity index (χ4n) is 1.66. The van der Waals surface area contributed by atoms with Gasteiger partial charge >= 0.3 is 0 Å². The minimum absolute atomic E-state index is 0.229. The number of aromatic nitrogens is 2. The zero-order valence-electron chi connectivity index (χ0n) is 11.1. The van der Waals surface area contributed by atoms with E-state index in [-0.39, 0.29) is 4.90 Å². The molecule has 0 saturated heterocycles. The molecule has 1 aromatic carbocycles. The molecule has 106 valence electrons. The van der Waals surface area contributed by atoms with Crippen molar-refractivity contribution >= 4 is 21.9 Å². The first-order valence-electron chi connectivity index (χ1n) is 5.98. The van der Waals surface area contributed by atoms with Crippen molar-refractivity contribution in [3.05, 3.63) is 48.8 Å². The highest BCUT2D eigenvalue weighted by Gasteiger charge is 2.11. The first-order valence-corrected chi connectivity index (χ1v) is 7.46. The molecule has 0 amide bonds. The van der Waals surface area contributed by atoms with Crippen LogP contribution in [-0.4, -0.2) is 25.2 Å². The summed E-state index contributed by atoms with van der Waals surface area (Å²) in [6.07, 6.45) is 5.17. The van der Waals surface area contributed by atoms with Gasteiger partial charge in [0.1, 0.15) is 0 Å². The largest absolute Gasteiger partial charge is 0.381 e. The molecule has 0 radical (unpaired) electrons. The molecule has 1 aromatic heterocycles. The molecule has 1 heterocycles. The van der Waals surface area contributed by atoms with E-state index in [1.165, 1.54) is 7.05 Å². The van der Waals surface area contributed by atoms with Crippen molar-refractivity contribution in [2.45, 2.75) is 11.4 Å². The zero-order valence-corrected chi connectivity index (χ0v) is 11.9. The number of benzene rings is 1. The van der Waals surface area contributed by atoms with Crippen molar-refractivity contribution in [3.8, 4) is 0 Å². The van der Waals surface area contributed by atoms with Crippen LogP contribution >= 0.6 is 0 Å². The third-order valence-electron chi connectivity index (χ3n) is 2.75. The maximum atomic E-state index is 11.7. The number of anilines is 1. The second kappa shape index (κ2) is 5.89. The minimum atomic E-state index is -3.42.